The van der Waals surface area contributed by atoms with Gasteiger partial charge in [-0.2, -0.15) is 0 Å². The predicted molar refractivity (Wildman–Crippen MR) is 129 cm³/mol. The fourth-order valence-electron chi connectivity index (χ4n) is 3.62. The number of pyridine rings is 1. The van der Waals surface area contributed by atoms with E-state index in [9.17, 15) is 9.59 Å². The number of aromatic amines is 2. The van der Waals surface area contributed by atoms with Gasteiger partial charge in [-0.05, 0) is 24.3 Å². The normalized spacial score (nSPS) is 11.3. The van der Waals surface area contributed by atoms with Crippen LogP contribution in [0.1, 0.15) is 21.6 Å². The number of hydrogen-bond donors (Lipinski definition) is 2. The number of benzene rings is 2. The molecule has 0 atom stereocenters. The minimum absolute atomic E-state index is 0.0293. The summed E-state index contributed by atoms with van der Waals surface area (Å²) in [6.07, 6.45) is 3.04. The molecule has 3 aromatic heterocycles. The molecule has 0 bridgehead atoms. The van der Waals surface area contributed by atoms with Crippen molar-refractivity contribution in [2.75, 3.05) is 7.11 Å². The van der Waals surface area contributed by atoms with Crippen molar-refractivity contribution in [3.05, 3.63) is 92.1 Å². The maximum atomic E-state index is 13.5. The molecular formula is C24H16Cl2N4O4. The van der Waals surface area contributed by atoms with Crippen LogP contribution in [-0.2, 0) is 11.3 Å². The van der Waals surface area contributed by atoms with E-state index in [1.54, 1.807) is 48.7 Å². The summed E-state index contributed by atoms with van der Waals surface area (Å²) in [7, 11) is 1.47. The molecule has 8 nitrogen and oxygen atoms in total. The second kappa shape index (κ2) is 8.90. The number of methoxy groups -OCH3 is 1. The van der Waals surface area contributed by atoms with Crippen LogP contribution in [0.2, 0.25) is 10.0 Å². The van der Waals surface area contributed by atoms with Crippen molar-refractivity contribution in [1.82, 2.24) is 19.9 Å². The molecule has 0 fully saturated rings. The summed E-state index contributed by atoms with van der Waals surface area (Å²) in [6, 6.07) is 11.8. The molecule has 5 aromatic rings. The van der Waals surface area contributed by atoms with E-state index in [1.165, 1.54) is 13.3 Å². The average molecular weight is 495 g/mol. The SMILES string of the molecule is COCc1nc2c(cnc3[nH]cc(C(=O)c4ccc(Oc5ccccc5Cl)cc4Cl)c32)[nH]c1=O. The highest BCUT2D eigenvalue weighted by molar-refractivity contribution is 6.36. The third-order valence-corrected chi connectivity index (χ3v) is 5.83. The van der Waals surface area contributed by atoms with Crippen LogP contribution in [0.3, 0.4) is 0 Å². The van der Waals surface area contributed by atoms with Crippen LogP contribution in [0, 0.1) is 0 Å². The largest absolute Gasteiger partial charge is 0.456 e. The Balaban J connectivity index is 1.57. The van der Waals surface area contributed by atoms with Gasteiger partial charge in [0.1, 0.15) is 28.4 Å². The molecule has 5 rings (SSSR count). The Morgan fingerprint density at radius 3 is 2.68 bits per heavy atom. The third kappa shape index (κ3) is 3.92. The molecule has 0 saturated heterocycles. The van der Waals surface area contributed by atoms with Gasteiger partial charge in [0.2, 0.25) is 0 Å². The van der Waals surface area contributed by atoms with Gasteiger partial charge in [0.05, 0.1) is 39.3 Å². The van der Waals surface area contributed by atoms with Gasteiger partial charge in [0.25, 0.3) is 5.56 Å². The van der Waals surface area contributed by atoms with Gasteiger partial charge in [0.15, 0.2) is 5.78 Å². The number of carbonyl (C=O) groups is 1. The second-order valence-electron chi connectivity index (χ2n) is 7.40. The van der Waals surface area contributed by atoms with Gasteiger partial charge in [-0.25, -0.2) is 9.97 Å². The number of para-hydroxylation sites is 1. The van der Waals surface area contributed by atoms with Crippen LogP contribution in [0.15, 0.2) is 59.7 Å². The fraction of sp³-hybridized carbons (Fsp3) is 0.0833. The summed E-state index contributed by atoms with van der Waals surface area (Å²) in [4.78, 5) is 40.2. The van der Waals surface area contributed by atoms with E-state index < -0.39 is 0 Å². The van der Waals surface area contributed by atoms with Gasteiger partial charge in [-0.1, -0.05) is 35.3 Å². The van der Waals surface area contributed by atoms with Crippen molar-refractivity contribution in [2.24, 2.45) is 0 Å². The highest BCUT2D eigenvalue weighted by Gasteiger charge is 2.21. The van der Waals surface area contributed by atoms with Crippen molar-refractivity contribution in [3.63, 3.8) is 0 Å². The van der Waals surface area contributed by atoms with E-state index in [4.69, 9.17) is 32.7 Å². The van der Waals surface area contributed by atoms with Crippen molar-refractivity contribution >= 4 is 51.1 Å². The lowest BCUT2D eigenvalue weighted by Crippen LogP contribution is -2.16. The minimum atomic E-state index is -0.379. The summed E-state index contributed by atoms with van der Waals surface area (Å²) in [5.41, 5.74) is 1.69. The van der Waals surface area contributed by atoms with Crippen LogP contribution in [0.4, 0.5) is 0 Å². The number of nitrogens with zero attached hydrogens (tertiary/aromatic N) is 2. The van der Waals surface area contributed by atoms with Crippen molar-refractivity contribution in [1.29, 1.82) is 0 Å². The monoisotopic (exact) mass is 494 g/mol. The smallest absolute Gasteiger partial charge is 0.272 e. The van der Waals surface area contributed by atoms with E-state index >= 15 is 0 Å². The van der Waals surface area contributed by atoms with E-state index in [0.29, 0.717) is 44.2 Å². The number of rotatable bonds is 6. The summed E-state index contributed by atoms with van der Waals surface area (Å²) in [5.74, 6) is 0.570. The first-order valence-electron chi connectivity index (χ1n) is 10.1. The molecule has 2 aromatic carbocycles. The molecule has 0 saturated carbocycles. The first-order chi connectivity index (χ1) is 16.5. The zero-order chi connectivity index (χ0) is 23.8. The Labute approximate surface area is 202 Å². The number of aromatic nitrogens is 4. The van der Waals surface area contributed by atoms with E-state index in [1.807, 2.05) is 0 Å². The van der Waals surface area contributed by atoms with Crippen LogP contribution < -0.4 is 10.3 Å². The Kier molecular flexibility index (Phi) is 5.79. The lowest BCUT2D eigenvalue weighted by atomic mass is 10.0. The van der Waals surface area contributed by atoms with Gasteiger partial charge in [0, 0.05) is 24.9 Å². The maximum absolute atomic E-state index is 13.5. The lowest BCUT2D eigenvalue weighted by molar-refractivity contribution is 0.104. The van der Waals surface area contributed by atoms with Gasteiger partial charge in [-0.15, -0.1) is 0 Å². The number of carbonyl (C=O) groups excluding carboxylic acids is 1. The second-order valence-corrected chi connectivity index (χ2v) is 8.21. The van der Waals surface area contributed by atoms with E-state index in [-0.39, 0.29) is 34.2 Å². The van der Waals surface area contributed by atoms with Crippen LogP contribution in [0.25, 0.3) is 22.1 Å². The molecule has 3 heterocycles. The zero-order valence-electron chi connectivity index (χ0n) is 17.7. The Hall–Kier alpha value is -3.72. The Bertz CT molecular complexity index is 1630. The van der Waals surface area contributed by atoms with Crippen molar-refractivity contribution in [2.45, 2.75) is 6.61 Å². The number of halogens is 2. The maximum Gasteiger partial charge on any atom is 0.272 e. The summed E-state index contributed by atoms with van der Waals surface area (Å²) in [6.45, 7) is 0.0293. The molecule has 0 amide bonds. The van der Waals surface area contributed by atoms with Gasteiger partial charge >= 0.3 is 0 Å². The molecule has 0 aliphatic heterocycles. The molecule has 0 radical (unpaired) electrons. The molecule has 34 heavy (non-hydrogen) atoms. The number of hydrogen-bond acceptors (Lipinski definition) is 6. The summed E-state index contributed by atoms with van der Waals surface area (Å²) in [5, 5.41) is 1.14. The zero-order valence-corrected chi connectivity index (χ0v) is 19.2. The summed E-state index contributed by atoms with van der Waals surface area (Å²) < 4.78 is 10.9. The molecule has 0 aliphatic rings. The Morgan fingerprint density at radius 2 is 1.91 bits per heavy atom. The Morgan fingerprint density at radius 1 is 1.09 bits per heavy atom. The summed E-state index contributed by atoms with van der Waals surface area (Å²) >= 11 is 12.6. The quantitative estimate of drug-likeness (QED) is 0.311. The number of fused-ring (bicyclic) bond motifs is 3. The van der Waals surface area contributed by atoms with E-state index in [0.717, 1.165) is 0 Å². The van der Waals surface area contributed by atoms with Gasteiger partial charge < -0.3 is 19.4 Å². The van der Waals surface area contributed by atoms with Crippen LogP contribution in [0.5, 0.6) is 11.5 Å². The molecule has 0 spiro atoms. The number of ether oxygens (including phenoxy) is 2. The molecule has 170 valence electrons. The fourth-order valence-corrected chi connectivity index (χ4v) is 4.05. The number of nitrogens with one attached hydrogen (secondary N) is 2. The number of ketones is 1. The lowest BCUT2D eigenvalue weighted by Gasteiger charge is -2.10. The highest BCUT2D eigenvalue weighted by Crippen LogP contribution is 2.33. The van der Waals surface area contributed by atoms with Crippen LogP contribution in [-0.4, -0.2) is 32.8 Å². The topological polar surface area (TPSA) is 110 Å². The molecular weight excluding hydrogens is 479 g/mol. The standard InChI is InChI=1S/C24H16Cl2N4O4/c1-33-11-18-24(32)30-17-10-28-23-20(21(17)29-18)14(9-27-23)22(31)13-7-6-12(8-16(13)26)34-19-5-3-2-4-15(19)25/h2-10H,11H2,1H3,(H,27,28)(H,30,32). The first-order valence-corrected chi connectivity index (χ1v) is 10.9. The van der Waals surface area contributed by atoms with E-state index in [2.05, 4.69) is 19.9 Å². The predicted octanol–water partition coefficient (Wildman–Crippen LogP) is 5.28. The first kappa shape index (κ1) is 22.1. The molecule has 10 heteroatoms. The highest BCUT2D eigenvalue weighted by atomic mass is 35.5. The minimum Gasteiger partial charge on any atom is -0.456 e. The molecule has 0 unspecified atom stereocenters. The molecule has 2 N–H and O–H groups in total. The van der Waals surface area contributed by atoms with Crippen molar-refractivity contribution < 1.29 is 14.3 Å². The average Bonchev–Trinajstić information content (AvgIpc) is 3.26. The molecule has 0 aliphatic carbocycles. The van der Waals surface area contributed by atoms with Crippen LogP contribution >= 0.6 is 23.2 Å². The van der Waals surface area contributed by atoms with Crippen molar-refractivity contribution in [3.8, 4) is 11.5 Å². The third-order valence-electron chi connectivity index (χ3n) is 5.21. The number of H-pyrrole nitrogens is 2. The van der Waals surface area contributed by atoms with Gasteiger partial charge in [-0.3, -0.25) is 9.59 Å².